The zero-order valence-corrected chi connectivity index (χ0v) is 14.8. The Morgan fingerprint density at radius 2 is 1.65 bits per heavy atom. The lowest BCUT2D eigenvalue weighted by molar-refractivity contribution is -0.182. The molecule has 2 aromatic carbocycles. The Kier molecular flexibility index (Phi) is 4.86. The van der Waals surface area contributed by atoms with E-state index in [1.807, 2.05) is 6.07 Å². The second-order valence-electron chi connectivity index (χ2n) is 5.85. The Balaban J connectivity index is 1.86. The molecule has 2 aromatic rings. The van der Waals surface area contributed by atoms with E-state index in [1.165, 1.54) is 6.08 Å². The van der Waals surface area contributed by atoms with Gasteiger partial charge < -0.3 is 24.1 Å². The van der Waals surface area contributed by atoms with Crippen LogP contribution in [0.4, 0.5) is 0 Å². The van der Waals surface area contributed by atoms with Crippen molar-refractivity contribution in [2.45, 2.75) is 12.2 Å². The molecule has 0 radical (unpaired) electrons. The third-order valence-electron chi connectivity index (χ3n) is 4.23. The van der Waals surface area contributed by atoms with Gasteiger partial charge in [-0.3, -0.25) is 0 Å². The van der Waals surface area contributed by atoms with Crippen LogP contribution < -0.4 is 14.2 Å². The smallest absolute Gasteiger partial charge is 0.337 e. The van der Waals surface area contributed by atoms with Gasteiger partial charge in [0.2, 0.25) is 0 Å². The van der Waals surface area contributed by atoms with E-state index in [0.717, 1.165) is 5.56 Å². The molecule has 1 atom stereocenters. The van der Waals surface area contributed by atoms with Crippen LogP contribution in [0.15, 0.2) is 54.1 Å². The van der Waals surface area contributed by atoms with Crippen molar-refractivity contribution in [3.63, 3.8) is 0 Å². The number of ether oxygens (including phenoxy) is 4. The van der Waals surface area contributed by atoms with Gasteiger partial charge >= 0.3 is 5.97 Å². The predicted octanol–water partition coefficient (Wildman–Crippen LogP) is 2.58. The van der Waals surface area contributed by atoms with E-state index in [1.54, 1.807) is 57.7 Å². The minimum Gasteiger partial charge on any atom is -0.497 e. The lowest BCUT2D eigenvalue weighted by Crippen LogP contribution is -2.24. The molecular weight excluding hydrogens is 336 g/mol. The molecule has 136 valence electrons. The number of esters is 1. The summed E-state index contributed by atoms with van der Waals surface area (Å²) >= 11 is 0. The maximum atomic E-state index is 12.2. The molecule has 1 heterocycles. The van der Waals surface area contributed by atoms with E-state index < -0.39 is 11.8 Å². The van der Waals surface area contributed by atoms with Crippen molar-refractivity contribution >= 4 is 5.97 Å². The highest BCUT2D eigenvalue weighted by molar-refractivity contribution is 5.92. The first-order valence-corrected chi connectivity index (χ1v) is 8.02. The van der Waals surface area contributed by atoms with Gasteiger partial charge in [0.05, 0.1) is 21.3 Å². The minimum absolute atomic E-state index is 0.303. The zero-order valence-electron chi connectivity index (χ0n) is 14.8. The minimum atomic E-state index is -1.78. The number of carbonyl (C=O) groups is 1. The largest absolute Gasteiger partial charge is 0.497 e. The first-order chi connectivity index (χ1) is 12.5. The normalized spacial score (nSPS) is 18.9. The fourth-order valence-electron chi connectivity index (χ4n) is 2.84. The zero-order chi connectivity index (χ0) is 18.7. The third kappa shape index (κ3) is 3.36. The van der Waals surface area contributed by atoms with Crippen LogP contribution >= 0.6 is 0 Å². The highest BCUT2D eigenvalue weighted by Gasteiger charge is 2.39. The molecule has 0 amide bonds. The summed E-state index contributed by atoms with van der Waals surface area (Å²) in [7, 11) is 4.66. The van der Waals surface area contributed by atoms with E-state index in [4.69, 9.17) is 18.9 Å². The van der Waals surface area contributed by atoms with E-state index in [2.05, 4.69) is 0 Å². The molecule has 0 aromatic heterocycles. The Labute approximate surface area is 151 Å². The summed E-state index contributed by atoms with van der Waals surface area (Å²) < 4.78 is 20.8. The molecule has 6 nitrogen and oxygen atoms in total. The number of cyclic esters (lactones) is 1. The van der Waals surface area contributed by atoms with Gasteiger partial charge in [0, 0.05) is 23.6 Å². The maximum absolute atomic E-state index is 12.2. The van der Waals surface area contributed by atoms with Gasteiger partial charge in [-0.25, -0.2) is 4.79 Å². The average molecular weight is 356 g/mol. The van der Waals surface area contributed by atoms with E-state index >= 15 is 0 Å². The number of rotatable bonds is 6. The number of methoxy groups -OCH3 is 3. The van der Waals surface area contributed by atoms with Gasteiger partial charge in [-0.2, -0.15) is 0 Å². The van der Waals surface area contributed by atoms with Crippen LogP contribution in [0, 0.1) is 0 Å². The molecule has 6 heteroatoms. The highest BCUT2D eigenvalue weighted by atomic mass is 16.7. The predicted molar refractivity (Wildman–Crippen MR) is 94.3 cm³/mol. The number of carbonyl (C=O) groups excluding carboxylic acids is 1. The summed E-state index contributed by atoms with van der Waals surface area (Å²) in [6.45, 7) is 0. The van der Waals surface area contributed by atoms with Crippen LogP contribution in [0.5, 0.6) is 17.2 Å². The van der Waals surface area contributed by atoms with E-state index in [0.29, 0.717) is 34.8 Å². The van der Waals surface area contributed by atoms with Crippen molar-refractivity contribution in [1.29, 1.82) is 0 Å². The Morgan fingerprint density at radius 3 is 2.27 bits per heavy atom. The molecule has 1 aliphatic heterocycles. The van der Waals surface area contributed by atoms with Gasteiger partial charge in [-0.05, 0) is 42.0 Å². The first-order valence-electron chi connectivity index (χ1n) is 8.02. The molecule has 0 fully saturated rings. The molecule has 0 saturated heterocycles. The first kappa shape index (κ1) is 17.8. The number of aliphatic hydroxyl groups is 1. The van der Waals surface area contributed by atoms with Crippen LogP contribution in [0.1, 0.15) is 11.1 Å². The summed E-state index contributed by atoms with van der Waals surface area (Å²) in [6, 6.07) is 12.1. The molecule has 0 aliphatic carbocycles. The third-order valence-corrected chi connectivity index (χ3v) is 4.23. The molecule has 1 N–H and O–H groups in total. The maximum Gasteiger partial charge on any atom is 0.337 e. The number of hydrogen-bond acceptors (Lipinski definition) is 6. The molecule has 1 unspecified atom stereocenters. The summed E-state index contributed by atoms with van der Waals surface area (Å²) in [5.74, 6) is -0.513. The summed E-state index contributed by atoms with van der Waals surface area (Å²) in [4.78, 5) is 12.2. The van der Waals surface area contributed by atoms with Crippen molar-refractivity contribution in [3.05, 3.63) is 65.2 Å². The van der Waals surface area contributed by atoms with Crippen molar-refractivity contribution in [2.24, 2.45) is 0 Å². The monoisotopic (exact) mass is 356 g/mol. The van der Waals surface area contributed by atoms with Crippen LogP contribution in [-0.4, -0.2) is 32.4 Å². The summed E-state index contributed by atoms with van der Waals surface area (Å²) in [5.41, 5.74) is 1.66. The van der Waals surface area contributed by atoms with E-state index in [-0.39, 0.29) is 0 Å². The lowest BCUT2D eigenvalue weighted by atomic mass is 10.0. The van der Waals surface area contributed by atoms with Crippen molar-refractivity contribution in [3.8, 4) is 17.2 Å². The van der Waals surface area contributed by atoms with Gasteiger partial charge in [0.15, 0.2) is 11.5 Å². The molecule has 0 saturated carbocycles. The van der Waals surface area contributed by atoms with E-state index in [9.17, 15) is 9.90 Å². The van der Waals surface area contributed by atoms with Crippen LogP contribution in [-0.2, 0) is 21.7 Å². The second-order valence-corrected chi connectivity index (χ2v) is 5.85. The summed E-state index contributed by atoms with van der Waals surface area (Å²) in [6.07, 6.45) is 1.74. The standard InChI is InChI=1S/C20H20O6/c1-23-16-7-5-15(6-8-16)20(22)12-14(19(21)26-20)10-13-4-9-17(24-2)18(11-13)25-3/h4-9,11-12,22H,10H2,1-3H3. The Morgan fingerprint density at radius 1 is 0.962 bits per heavy atom. The quantitative estimate of drug-likeness (QED) is 0.802. The fraction of sp³-hybridized carbons (Fsp3) is 0.250. The molecule has 1 aliphatic rings. The fourth-order valence-corrected chi connectivity index (χ4v) is 2.84. The van der Waals surface area contributed by atoms with Crippen molar-refractivity contribution in [2.75, 3.05) is 21.3 Å². The van der Waals surface area contributed by atoms with Gasteiger partial charge in [0.1, 0.15) is 5.75 Å². The van der Waals surface area contributed by atoms with Crippen LogP contribution in [0.25, 0.3) is 0 Å². The van der Waals surface area contributed by atoms with Crippen molar-refractivity contribution in [1.82, 2.24) is 0 Å². The van der Waals surface area contributed by atoms with Crippen molar-refractivity contribution < 1.29 is 28.8 Å². The van der Waals surface area contributed by atoms with Crippen LogP contribution in [0.3, 0.4) is 0 Å². The average Bonchev–Trinajstić information content (AvgIpc) is 2.96. The van der Waals surface area contributed by atoms with Gasteiger partial charge in [-0.1, -0.05) is 6.07 Å². The molecular formula is C20H20O6. The molecule has 0 bridgehead atoms. The Bertz CT molecular complexity index is 840. The lowest BCUT2D eigenvalue weighted by Gasteiger charge is -2.19. The topological polar surface area (TPSA) is 74.2 Å². The molecule has 3 rings (SSSR count). The summed E-state index contributed by atoms with van der Waals surface area (Å²) in [5, 5.41) is 10.7. The Hall–Kier alpha value is -2.99. The van der Waals surface area contributed by atoms with Gasteiger partial charge in [-0.15, -0.1) is 0 Å². The van der Waals surface area contributed by atoms with Crippen LogP contribution in [0.2, 0.25) is 0 Å². The van der Waals surface area contributed by atoms with Gasteiger partial charge in [0.25, 0.3) is 5.79 Å². The highest BCUT2D eigenvalue weighted by Crippen LogP contribution is 2.35. The second kappa shape index (κ2) is 7.09. The number of hydrogen-bond donors (Lipinski definition) is 1. The molecule has 0 spiro atoms. The molecule has 26 heavy (non-hydrogen) atoms. The SMILES string of the molecule is COc1ccc(C2(O)C=C(Cc3ccc(OC)c(OC)c3)C(=O)O2)cc1. The number of benzene rings is 2.